The number of carboxylic acid groups (broad SMARTS) is 1. The number of carbonyl (C=O) groups excluding carboxylic acids is 6. The Hall–Kier alpha value is -6.54. The summed E-state index contributed by atoms with van der Waals surface area (Å²) in [5.41, 5.74) is -0.159. The number of carboxylic acids is 1. The summed E-state index contributed by atoms with van der Waals surface area (Å²) in [7, 11) is 0. The number of fused-ring (bicyclic) bond motifs is 1. The second-order valence-electron chi connectivity index (χ2n) is 13.3. The molecule has 20 heteroatoms. The van der Waals surface area contributed by atoms with E-state index >= 15 is 0 Å². The van der Waals surface area contributed by atoms with Gasteiger partial charge in [-0.25, -0.2) is 24.2 Å². The lowest BCUT2D eigenvalue weighted by Crippen LogP contribution is -2.71. The van der Waals surface area contributed by atoms with Crippen LogP contribution >= 0.6 is 23.1 Å². The number of benzene rings is 2. The normalized spacial score (nSPS) is 16.9. The van der Waals surface area contributed by atoms with Crippen LogP contribution in [0.4, 0.5) is 9.93 Å². The lowest BCUT2D eigenvalue weighted by molar-refractivity contribution is -0.157. The van der Waals surface area contributed by atoms with E-state index in [0.29, 0.717) is 23.1 Å². The van der Waals surface area contributed by atoms with Crippen LogP contribution in [0.5, 0.6) is 0 Å². The van der Waals surface area contributed by atoms with Crippen molar-refractivity contribution in [2.75, 3.05) is 24.3 Å². The molecule has 1 aromatic heterocycles. The molecule has 2 unspecified atom stereocenters. The molecule has 58 heavy (non-hydrogen) atoms. The third-order valence-electron chi connectivity index (χ3n) is 8.04. The predicted molar refractivity (Wildman–Crippen MR) is 209 cm³/mol. The van der Waals surface area contributed by atoms with Crippen molar-refractivity contribution in [3.8, 4) is 0 Å². The second-order valence-corrected chi connectivity index (χ2v) is 15.2. The van der Waals surface area contributed by atoms with Crippen molar-refractivity contribution >= 4 is 76.2 Å². The number of amides is 4. The number of esters is 2. The van der Waals surface area contributed by atoms with E-state index in [1.165, 1.54) is 23.2 Å². The maximum absolute atomic E-state index is 13.6. The van der Waals surface area contributed by atoms with E-state index in [0.717, 1.165) is 16.2 Å². The summed E-state index contributed by atoms with van der Waals surface area (Å²) < 4.78 is 16.4. The van der Waals surface area contributed by atoms with Gasteiger partial charge in [0.2, 0.25) is 13.0 Å². The number of hydrogen-bond donors (Lipinski definition) is 4. The van der Waals surface area contributed by atoms with Crippen LogP contribution in [0.1, 0.15) is 43.7 Å². The fourth-order valence-electron chi connectivity index (χ4n) is 5.48. The number of ether oxygens (including phenoxy) is 3. The van der Waals surface area contributed by atoms with Crippen LogP contribution in [-0.4, -0.2) is 105 Å². The molecule has 0 spiro atoms. The summed E-state index contributed by atoms with van der Waals surface area (Å²) in [5, 5.41) is 21.4. The Morgan fingerprint density at radius 2 is 1.72 bits per heavy atom. The average molecular weight is 835 g/mol. The van der Waals surface area contributed by atoms with E-state index in [1.807, 2.05) is 0 Å². The fourth-order valence-corrected chi connectivity index (χ4v) is 7.48. The van der Waals surface area contributed by atoms with E-state index in [1.54, 1.807) is 81.4 Å². The number of thiazole rings is 1. The molecule has 3 heterocycles. The molecule has 3 aromatic rings. The lowest BCUT2D eigenvalue weighted by Gasteiger charge is -2.49. The Labute approximate surface area is 339 Å². The largest absolute Gasteiger partial charge is 0.477 e. The zero-order valence-electron chi connectivity index (χ0n) is 31.2. The van der Waals surface area contributed by atoms with Crippen molar-refractivity contribution in [3.05, 3.63) is 107 Å². The van der Waals surface area contributed by atoms with Crippen LogP contribution in [0, 0.1) is 0 Å². The minimum Gasteiger partial charge on any atom is -0.477 e. The molecule has 0 saturated carbocycles. The molecular formula is C38H38N6O12S2. The van der Waals surface area contributed by atoms with Crippen LogP contribution in [0.2, 0.25) is 0 Å². The molecule has 0 radical (unpaired) electrons. The van der Waals surface area contributed by atoms with Gasteiger partial charge in [0.15, 0.2) is 23.0 Å². The highest BCUT2D eigenvalue weighted by molar-refractivity contribution is 8.00. The molecule has 1 saturated heterocycles. The van der Waals surface area contributed by atoms with Crippen molar-refractivity contribution in [3.63, 3.8) is 0 Å². The summed E-state index contributed by atoms with van der Waals surface area (Å²) in [6, 6.07) is 15.0. The molecule has 3 atom stereocenters. The minimum absolute atomic E-state index is 0.0871. The number of alkyl carbamates (subject to hydrolysis) is 1. The molecule has 4 N–H and O–H groups in total. The van der Waals surface area contributed by atoms with Gasteiger partial charge < -0.3 is 40.1 Å². The number of carbonyl (C=O) groups is 7. The Balaban J connectivity index is 1.28. The van der Waals surface area contributed by atoms with Crippen LogP contribution < -0.4 is 16.0 Å². The first-order valence-corrected chi connectivity index (χ1v) is 19.3. The molecular weight excluding hydrogens is 797 g/mol. The van der Waals surface area contributed by atoms with Crippen LogP contribution in [-0.2, 0) is 47.8 Å². The van der Waals surface area contributed by atoms with Crippen LogP contribution in [0.3, 0.4) is 0 Å². The Morgan fingerprint density at radius 3 is 2.31 bits per heavy atom. The quantitative estimate of drug-likeness (QED) is 0.0382. The van der Waals surface area contributed by atoms with Gasteiger partial charge in [0, 0.05) is 11.1 Å². The molecule has 1 fully saturated rings. The molecule has 304 valence electrons. The van der Waals surface area contributed by atoms with Crippen molar-refractivity contribution in [1.82, 2.24) is 20.5 Å². The minimum atomic E-state index is -1.55. The van der Waals surface area contributed by atoms with E-state index < -0.39 is 83.9 Å². The average Bonchev–Trinajstić information content (AvgIpc) is 3.66. The van der Waals surface area contributed by atoms with E-state index in [9.17, 15) is 38.7 Å². The topological polar surface area (TPSA) is 241 Å². The molecule has 2 aliphatic heterocycles. The number of rotatable bonds is 17. The van der Waals surface area contributed by atoms with Gasteiger partial charge in [-0.15, -0.1) is 23.1 Å². The monoisotopic (exact) mass is 834 g/mol. The standard InChI is InChI=1S/C38H38N6O12S2/c1-5-21-18-57-33-28(32(48)44(33)29(21)34(49)50)42-31(47)27(25-19-58-36(40-25)39-20-45)43-54-17-26(46)53-16-24(41-37(52)56-38(2,3)4)35(51)55-30(22-12-8-6-9-13-22)23-14-10-7-11-15-23/h5-15,19-20,24,28,30,33H,1,16-18H2,2-4H3,(H,41,52)(H,42,47)(H,49,50)(H,39,40,45)/b43-27+/t24?,28?,33-/m1/s1. The van der Waals surface area contributed by atoms with Gasteiger partial charge in [-0.3, -0.25) is 19.3 Å². The highest BCUT2D eigenvalue weighted by atomic mass is 32.2. The number of β-lactam (4-membered cyclic amide) rings is 1. The first-order valence-electron chi connectivity index (χ1n) is 17.4. The Morgan fingerprint density at radius 1 is 1.07 bits per heavy atom. The number of nitrogens with zero attached hydrogens (tertiary/aromatic N) is 3. The van der Waals surface area contributed by atoms with Crippen molar-refractivity contribution in [1.29, 1.82) is 0 Å². The highest BCUT2D eigenvalue weighted by Gasteiger charge is 2.54. The third-order valence-corrected chi connectivity index (χ3v) is 10.1. The number of nitrogens with one attached hydrogen (secondary N) is 3. The van der Waals surface area contributed by atoms with Crippen molar-refractivity contribution in [2.24, 2.45) is 5.16 Å². The summed E-state index contributed by atoms with van der Waals surface area (Å²) in [6.07, 6.45) is -0.161. The van der Waals surface area contributed by atoms with Gasteiger partial charge in [-0.05, 0) is 37.5 Å². The number of allylic oxidation sites excluding steroid dienone is 1. The van der Waals surface area contributed by atoms with Crippen molar-refractivity contribution in [2.45, 2.75) is 49.9 Å². The maximum atomic E-state index is 13.6. The van der Waals surface area contributed by atoms with Gasteiger partial charge >= 0.3 is 24.0 Å². The molecule has 18 nitrogen and oxygen atoms in total. The smallest absolute Gasteiger partial charge is 0.408 e. The summed E-state index contributed by atoms with van der Waals surface area (Å²) in [6.45, 7) is 6.85. The first-order chi connectivity index (χ1) is 27.7. The Bertz CT molecular complexity index is 2080. The molecule has 2 aromatic carbocycles. The predicted octanol–water partition coefficient (Wildman–Crippen LogP) is 3.13. The Kier molecular flexibility index (Phi) is 14.0. The zero-order chi connectivity index (χ0) is 42.0. The van der Waals surface area contributed by atoms with Crippen molar-refractivity contribution < 1.29 is 57.7 Å². The summed E-state index contributed by atoms with van der Waals surface area (Å²) in [4.78, 5) is 99.2. The van der Waals surface area contributed by atoms with E-state index in [4.69, 9.17) is 19.0 Å². The number of anilines is 1. The molecule has 0 bridgehead atoms. The molecule has 5 rings (SSSR count). The SMILES string of the molecule is C=CC1=C(C(=O)O)N2C(=O)C(NC(=O)/C(=N/OCC(=O)OCC(NC(=O)OC(C)(C)C)C(=O)OC(c3ccccc3)c3ccccc3)c3csc(NC=O)n3)[C@H]2SC1. The zero-order valence-corrected chi connectivity index (χ0v) is 32.9. The highest BCUT2D eigenvalue weighted by Crippen LogP contribution is 2.40. The van der Waals surface area contributed by atoms with Crippen LogP contribution in [0.25, 0.3) is 0 Å². The number of aromatic nitrogens is 1. The number of hydrogen-bond acceptors (Lipinski definition) is 15. The lowest BCUT2D eigenvalue weighted by atomic mass is 10.0. The van der Waals surface area contributed by atoms with Gasteiger partial charge in [-0.2, -0.15) is 0 Å². The van der Waals surface area contributed by atoms with E-state index in [2.05, 4.69) is 32.7 Å². The maximum Gasteiger partial charge on any atom is 0.408 e. The number of oxime groups is 1. The summed E-state index contributed by atoms with van der Waals surface area (Å²) in [5.74, 6) is -4.81. The van der Waals surface area contributed by atoms with Gasteiger partial charge in [0.1, 0.15) is 35.0 Å². The molecule has 4 amide bonds. The number of aliphatic carboxylic acids is 1. The van der Waals surface area contributed by atoms with Gasteiger partial charge in [0.25, 0.3) is 11.8 Å². The fraction of sp³-hybridized carbons (Fsp3) is 0.289. The van der Waals surface area contributed by atoms with E-state index in [-0.39, 0.29) is 22.3 Å². The second kappa shape index (κ2) is 19.1. The first kappa shape index (κ1) is 42.6. The summed E-state index contributed by atoms with van der Waals surface area (Å²) >= 11 is 2.15. The molecule has 0 aliphatic carbocycles. The van der Waals surface area contributed by atoms with Gasteiger partial charge in [0.05, 0.1) is 0 Å². The van der Waals surface area contributed by atoms with Gasteiger partial charge in [-0.1, -0.05) is 78.5 Å². The number of thioether (sulfide) groups is 1. The third kappa shape index (κ3) is 10.6. The van der Waals surface area contributed by atoms with Crippen LogP contribution in [0.15, 0.2) is 95.1 Å². The molecule has 2 aliphatic rings.